The molecular formula is C27H35N7O3SSi. The van der Waals surface area contributed by atoms with Crippen LogP contribution in [0, 0.1) is 0 Å². The molecule has 1 unspecified atom stereocenters. The number of methoxy groups -OCH3 is 1. The van der Waals surface area contributed by atoms with Crippen LogP contribution in [0.5, 0.6) is 5.75 Å². The van der Waals surface area contributed by atoms with Crippen molar-refractivity contribution in [2.45, 2.75) is 51.1 Å². The number of pyridine rings is 3. The van der Waals surface area contributed by atoms with Gasteiger partial charge >= 0.3 is 0 Å². The molecule has 1 atom stereocenters. The number of hydrogen-bond donors (Lipinski definition) is 1. The highest BCUT2D eigenvalue weighted by molar-refractivity contribution is 7.15. The zero-order valence-corrected chi connectivity index (χ0v) is 24.7. The molecule has 0 aliphatic carbocycles. The van der Waals surface area contributed by atoms with Crippen LogP contribution in [0.1, 0.15) is 17.8 Å². The van der Waals surface area contributed by atoms with Crippen molar-refractivity contribution in [3.63, 3.8) is 0 Å². The molecule has 0 spiro atoms. The maximum Gasteiger partial charge on any atom is 0.215 e. The summed E-state index contributed by atoms with van der Waals surface area (Å²) in [7, 11) is 0.361. The lowest BCUT2D eigenvalue weighted by Crippen LogP contribution is -2.26. The highest BCUT2D eigenvalue weighted by Gasteiger charge is 2.25. The highest BCUT2D eigenvalue weighted by Crippen LogP contribution is 2.38. The van der Waals surface area contributed by atoms with E-state index >= 15 is 0 Å². The van der Waals surface area contributed by atoms with Crippen molar-refractivity contribution in [3.05, 3.63) is 41.8 Å². The van der Waals surface area contributed by atoms with E-state index in [-0.39, 0.29) is 12.8 Å². The average Bonchev–Trinajstić information content (AvgIpc) is 3.60. The third-order valence-electron chi connectivity index (χ3n) is 6.51. The number of nitrogens with zero attached hydrogens (tertiary/aromatic N) is 6. The van der Waals surface area contributed by atoms with E-state index in [2.05, 4.69) is 39.8 Å². The molecule has 0 radical (unpaired) electrons. The van der Waals surface area contributed by atoms with Crippen LogP contribution < -0.4 is 15.4 Å². The van der Waals surface area contributed by atoms with Crippen LogP contribution in [-0.4, -0.2) is 66.4 Å². The lowest BCUT2D eigenvalue weighted by molar-refractivity contribution is 0.111. The van der Waals surface area contributed by atoms with E-state index in [0.717, 1.165) is 53.6 Å². The first-order chi connectivity index (χ1) is 18.8. The maximum absolute atomic E-state index is 6.25. The quantitative estimate of drug-likeness (QED) is 0.145. The monoisotopic (exact) mass is 565 g/mol. The topological polar surface area (TPSA) is 121 Å². The minimum Gasteiger partial charge on any atom is -0.495 e. The molecule has 39 heavy (non-hydrogen) atoms. The van der Waals surface area contributed by atoms with Crippen molar-refractivity contribution >= 4 is 47.1 Å². The van der Waals surface area contributed by atoms with Gasteiger partial charge in [0.2, 0.25) is 5.13 Å². The Balaban J connectivity index is 1.57. The van der Waals surface area contributed by atoms with Gasteiger partial charge in [0.15, 0.2) is 0 Å². The molecule has 1 saturated heterocycles. The van der Waals surface area contributed by atoms with Gasteiger partial charge < -0.3 is 19.9 Å². The van der Waals surface area contributed by atoms with Crippen molar-refractivity contribution in [3.8, 4) is 16.9 Å². The Kier molecular flexibility index (Phi) is 8.36. The molecule has 0 amide bonds. The van der Waals surface area contributed by atoms with Crippen molar-refractivity contribution in [2.75, 3.05) is 37.7 Å². The van der Waals surface area contributed by atoms with Gasteiger partial charge in [-0.25, -0.2) is 4.98 Å². The molecule has 4 aromatic heterocycles. The molecule has 12 heteroatoms. The molecule has 5 heterocycles. The number of nitrogens with two attached hydrogens (primary N) is 1. The van der Waals surface area contributed by atoms with Crippen molar-refractivity contribution < 1.29 is 14.2 Å². The Morgan fingerprint density at radius 3 is 2.77 bits per heavy atom. The third-order valence-corrected chi connectivity index (χ3v) is 9.19. The van der Waals surface area contributed by atoms with Crippen LogP contribution in [0.4, 0.5) is 16.6 Å². The number of hydrogen-bond acceptors (Lipinski definition) is 11. The first kappa shape index (κ1) is 27.4. The molecule has 0 aromatic carbocycles. The fourth-order valence-electron chi connectivity index (χ4n) is 4.33. The average molecular weight is 566 g/mol. The number of fused-ring (bicyclic) bond motifs is 1. The van der Waals surface area contributed by atoms with Gasteiger partial charge in [-0.2, -0.15) is 0 Å². The number of rotatable bonds is 11. The van der Waals surface area contributed by atoms with Crippen molar-refractivity contribution in [2.24, 2.45) is 0 Å². The van der Waals surface area contributed by atoms with Gasteiger partial charge in [0, 0.05) is 45.0 Å². The largest absolute Gasteiger partial charge is 0.495 e. The highest BCUT2D eigenvalue weighted by atomic mass is 32.1. The van der Waals surface area contributed by atoms with Gasteiger partial charge in [0.05, 0.1) is 42.3 Å². The Morgan fingerprint density at radius 2 is 2.00 bits per heavy atom. The van der Waals surface area contributed by atoms with E-state index in [9.17, 15) is 0 Å². The predicted octanol–water partition coefficient (Wildman–Crippen LogP) is 5.31. The summed E-state index contributed by atoms with van der Waals surface area (Å²) >= 11 is 1.54. The summed E-state index contributed by atoms with van der Waals surface area (Å²) in [5.74, 6) is 1.31. The van der Waals surface area contributed by atoms with Gasteiger partial charge in [-0.05, 0) is 37.1 Å². The molecule has 1 aliphatic rings. The summed E-state index contributed by atoms with van der Waals surface area (Å²) in [6.07, 6.45) is 8.18. The number of anilines is 3. The first-order valence-corrected chi connectivity index (χ1v) is 17.7. The third kappa shape index (κ3) is 6.88. The Hall–Kier alpha value is -3.19. The lowest BCUT2D eigenvalue weighted by Gasteiger charge is -2.24. The van der Waals surface area contributed by atoms with Crippen LogP contribution >= 0.6 is 11.3 Å². The Labute approximate surface area is 233 Å². The van der Waals surface area contributed by atoms with E-state index in [4.69, 9.17) is 24.9 Å². The second kappa shape index (κ2) is 11.9. The number of aromatic nitrogens is 5. The van der Waals surface area contributed by atoms with Crippen LogP contribution in [0.25, 0.3) is 22.2 Å². The minimum atomic E-state index is -1.26. The van der Waals surface area contributed by atoms with Gasteiger partial charge in [0.25, 0.3) is 0 Å². The molecule has 1 aliphatic heterocycles. The fourth-order valence-corrected chi connectivity index (χ4v) is 5.98. The summed E-state index contributed by atoms with van der Waals surface area (Å²) in [6, 6.07) is 6.81. The molecule has 206 valence electrons. The fraction of sp³-hybridized carbons (Fsp3) is 0.444. The molecule has 0 saturated carbocycles. The second-order valence-corrected chi connectivity index (χ2v) is 17.5. The van der Waals surface area contributed by atoms with Gasteiger partial charge in [0.1, 0.15) is 23.3 Å². The van der Waals surface area contributed by atoms with Gasteiger partial charge in [-0.1, -0.05) is 31.0 Å². The maximum atomic E-state index is 6.25. The van der Waals surface area contributed by atoms with Crippen LogP contribution in [0.3, 0.4) is 0 Å². The number of nitrogen functional groups attached to an aromatic ring is 1. The smallest absolute Gasteiger partial charge is 0.215 e. The van der Waals surface area contributed by atoms with E-state index in [1.165, 1.54) is 11.3 Å². The summed E-state index contributed by atoms with van der Waals surface area (Å²) < 4.78 is 17.5. The molecule has 4 aromatic rings. The van der Waals surface area contributed by atoms with Crippen LogP contribution in [0.2, 0.25) is 25.7 Å². The van der Waals surface area contributed by atoms with E-state index in [1.54, 1.807) is 25.7 Å². The molecule has 0 bridgehead atoms. The van der Waals surface area contributed by atoms with Gasteiger partial charge in [-0.3, -0.25) is 14.9 Å². The minimum absolute atomic E-state index is 0.193. The predicted molar refractivity (Wildman–Crippen MR) is 157 cm³/mol. The SMILES string of the molecule is COc1cncc(-c2cc3ncc(N)cc3nc2N(COCC[Si](C)(C)C)c2nnc(CC3CCCO3)s2)c1. The summed E-state index contributed by atoms with van der Waals surface area (Å²) in [4.78, 5) is 15.9. The Morgan fingerprint density at radius 1 is 1.13 bits per heavy atom. The normalized spacial score (nSPS) is 15.6. The van der Waals surface area contributed by atoms with Gasteiger partial charge in [-0.15, -0.1) is 10.2 Å². The Bertz CT molecular complexity index is 1420. The van der Waals surface area contributed by atoms with E-state index in [1.807, 2.05) is 23.1 Å². The van der Waals surface area contributed by atoms with Crippen LogP contribution in [0.15, 0.2) is 36.8 Å². The second-order valence-electron chi connectivity index (χ2n) is 10.9. The van der Waals surface area contributed by atoms with Crippen molar-refractivity contribution in [1.29, 1.82) is 0 Å². The van der Waals surface area contributed by atoms with Crippen LogP contribution in [-0.2, 0) is 15.9 Å². The summed E-state index contributed by atoms with van der Waals surface area (Å²) in [5, 5.41) is 10.7. The first-order valence-electron chi connectivity index (χ1n) is 13.1. The molecular weight excluding hydrogens is 530 g/mol. The van der Waals surface area contributed by atoms with E-state index in [0.29, 0.717) is 34.5 Å². The van der Waals surface area contributed by atoms with Crippen molar-refractivity contribution in [1.82, 2.24) is 25.1 Å². The lowest BCUT2D eigenvalue weighted by atomic mass is 10.1. The zero-order chi connectivity index (χ0) is 27.4. The molecule has 1 fully saturated rings. The number of ether oxygens (including phenoxy) is 3. The molecule has 5 rings (SSSR count). The summed E-state index contributed by atoms with van der Waals surface area (Å²) in [6.45, 7) is 8.76. The molecule has 10 nitrogen and oxygen atoms in total. The zero-order valence-electron chi connectivity index (χ0n) is 22.9. The standard InChI is InChI=1S/C27H35N7O3SSi/c1-35-21-10-18(14-29-16-21)22-13-23-24(11-19(28)15-30-23)31-26(22)34(17-36-8-9-39(2,3)4)27-33-32-25(38-27)12-20-6-5-7-37-20/h10-11,13-16,20H,5-9,12,17,28H2,1-4H3. The molecule has 2 N–H and O–H groups in total. The van der Waals surface area contributed by atoms with E-state index < -0.39 is 8.07 Å². The summed E-state index contributed by atoms with van der Waals surface area (Å²) in [5.41, 5.74) is 9.69.